The average Bonchev–Trinajstić information content (AvgIpc) is 2.90. The normalized spacial score (nSPS) is 18.5. The molecular formula is C28H32N4O4. The first-order valence-corrected chi connectivity index (χ1v) is 12.1. The third-order valence-corrected chi connectivity index (χ3v) is 6.69. The van der Waals surface area contributed by atoms with E-state index in [4.69, 9.17) is 4.74 Å². The number of aliphatic hydroxyl groups is 1. The van der Waals surface area contributed by atoms with Crippen LogP contribution < -0.4 is 4.74 Å². The molecule has 1 aliphatic rings. The third-order valence-electron chi connectivity index (χ3n) is 6.69. The summed E-state index contributed by atoms with van der Waals surface area (Å²) in [4.78, 5) is 38.5. The summed E-state index contributed by atoms with van der Waals surface area (Å²) in [6.45, 7) is 6.31. The first-order chi connectivity index (χ1) is 17.3. The van der Waals surface area contributed by atoms with Crippen LogP contribution in [0.4, 0.5) is 0 Å². The molecule has 3 aromatic rings. The second-order valence-electron chi connectivity index (χ2n) is 9.44. The predicted molar refractivity (Wildman–Crippen MR) is 137 cm³/mol. The number of ether oxygens (including phenoxy) is 1. The van der Waals surface area contributed by atoms with Gasteiger partial charge in [-0.15, -0.1) is 0 Å². The Morgan fingerprint density at radius 2 is 2.00 bits per heavy atom. The molecule has 0 fully saturated rings. The Morgan fingerprint density at radius 3 is 2.69 bits per heavy atom. The Kier molecular flexibility index (Phi) is 7.64. The summed E-state index contributed by atoms with van der Waals surface area (Å²) in [5.74, 6) is -0.301. The van der Waals surface area contributed by atoms with Crippen LogP contribution in [0, 0.1) is 12.8 Å². The van der Waals surface area contributed by atoms with Gasteiger partial charge in [0, 0.05) is 43.7 Å². The molecule has 0 bridgehead atoms. The van der Waals surface area contributed by atoms with Crippen molar-refractivity contribution in [3.05, 3.63) is 77.7 Å². The Balaban J connectivity index is 1.70. The molecule has 4 rings (SSSR count). The summed E-state index contributed by atoms with van der Waals surface area (Å²) >= 11 is 0. The van der Waals surface area contributed by atoms with E-state index < -0.39 is 6.10 Å². The predicted octanol–water partition coefficient (Wildman–Crippen LogP) is 3.44. The molecular weight excluding hydrogens is 456 g/mol. The summed E-state index contributed by atoms with van der Waals surface area (Å²) < 4.78 is 6.33. The number of carbonyl (C=O) groups is 2. The molecule has 2 aromatic heterocycles. The number of aliphatic hydroxyl groups excluding tert-OH is 1. The molecule has 3 heterocycles. The average molecular weight is 489 g/mol. The van der Waals surface area contributed by atoms with Gasteiger partial charge < -0.3 is 19.6 Å². The number of nitrogens with zero attached hydrogens (tertiary/aromatic N) is 4. The molecule has 2 amide bonds. The number of hydrogen-bond donors (Lipinski definition) is 1. The highest BCUT2D eigenvalue weighted by molar-refractivity contribution is 5.98. The number of carbonyl (C=O) groups excluding carboxylic acids is 2. The van der Waals surface area contributed by atoms with Gasteiger partial charge in [0.15, 0.2) is 0 Å². The van der Waals surface area contributed by atoms with Crippen molar-refractivity contribution in [2.45, 2.75) is 32.9 Å². The minimum absolute atomic E-state index is 0.127. The molecule has 188 valence electrons. The van der Waals surface area contributed by atoms with E-state index in [0.717, 1.165) is 16.7 Å². The molecule has 0 spiro atoms. The zero-order valence-corrected chi connectivity index (χ0v) is 21.1. The molecule has 8 nitrogen and oxygen atoms in total. The highest BCUT2D eigenvalue weighted by Gasteiger charge is 2.35. The molecule has 8 heteroatoms. The molecule has 0 radical (unpaired) electrons. The lowest BCUT2D eigenvalue weighted by molar-refractivity contribution is 0.0313. The number of benzene rings is 1. The first-order valence-electron chi connectivity index (χ1n) is 12.1. The highest BCUT2D eigenvalue weighted by atomic mass is 16.5. The number of amides is 2. The fourth-order valence-electron chi connectivity index (χ4n) is 4.43. The number of hydrogen-bond acceptors (Lipinski definition) is 6. The summed E-state index contributed by atoms with van der Waals surface area (Å²) in [7, 11) is 1.72. The lowest BCUT2D eigenvalue weighted by Gasteiger charge is -2.37. The van der Waals surface area contributed by atoms with Gasteiger partial charge in [0.1, 0.15) is 11.7 Å². The Labute approximate surface area is 211 Å². The van der Waals surface area contributed by atoms with Crippen LogP contribution in [0.25, 0.3) is 11.1 Å². The van der Waals surface area contributed by atoms with Crippen molar-refractivity contribution in [1.82, 2.24) is 19.8 Å². The number of fused-ring (bicyclic) bond motifs is 1. The fraction of sp³-hybridized carbons (Fsp3) is 0.357. The number of rotatable bonds is 6. The zero-order valence-electron chi connectivity index (χ0n) is 21.1. The zero-order chi connectivity index (χ0) is 25.8. The van der Waals surface area contributed by atoms with E-state index in [1.165, 1.54) is 6.20 Å². The van der Waals surface area contributed by atoms with Crippen molar-refractivity contribution in [2.24, 2.45) is 5.92 Å². The lowest BCUT2D eigenvalue weighted by atomic mass is 9.98. The van der Waals surface area contributed by atoms with Crippen LogP contribution in [0.15, 0.2) is 61.1 Å². The van der Waals surface area contributed by atoms with Crippen LogP contribution in [-0.4, -0.2) is 75.6 Å². The van der Waals surface area contributed by atoms with E-state index in [0.29, 0.717) is 24.2 Å². The summed E-state index contributed by atoms with van der Waals surface area (Å²) in [6, 6.07) is 12.8. The van der Waals surface area contributed by atoms with Crippen LogP contribution in [0.3, 0.4) is 0 Å². The topological polar surface area (TPSA) is 95.9 Å². The smallest absolute Gasteiger partial charge is 0.259 e. The first kappa shape index (κ1) is 25.3. The maximum absolute atomic E-state index is 13.6. The van der Waals surface area contributed by atoms with Gasteiger partial charge in [-0.1, -0.05) is 31.2 Å². The van der Waals surface area contributed by atoms with E-state index in [1.807, 2.05) is 51.1 Å². The van der Waals surface area contributed by atoms with Crippen LogP contribution in [0.1, 0.15) is 40.1 Å². The van der Waals surface area contributed by atoms with Gasteiger partial charge in [0.05, 0.1) is 24.8 Å². The Hall–Kier alpha value is -3.78. The maximum atomic E-state index is 13.6. The quantitative estimate of drug-likeness (QED) is 0.571. The van der Waals surface area contributed by atoms with Crippen molar-refractivity contribution in [2.75, 3.05) is 26.7 Å². The van der Waals surface area contributed by atoms with Gasteiger partial charge in [-0.25, -0.2) is 4.98 Å². The van der Waals surface area contributed by atoms with Crippen molar-refractivity contribution >= 4 is 11.8 Å². The van der Waals surface area contributed by atoms with Gasteiger partial charge in [0.25, 0.3) is 11.8 Å². The van der Waals surface area contributed by atoms with E-state index in [1.54, 1.807) is 41.4 Å². The van der Waals surface area contributed by atoms with Gasteiger partial charge in [-0.3, -0.25) is 14.6 Å². The number of likely N-dealkylation sites (N-methyl/N-ethyl adjacent to an activating group) is 1. The molecule has 0 saturated heterocycles. The van der Waals surface area contributed by atoms with Crippen molar-refractivity contribution < 1.29 is 19.4 Å². The van der Waals surface area contributed by atoms with E-state index >= 15 is 0 Å². The highest BCUT2D eigenvalue weighted by Crippen LogP contribution is 2.31. The van der Waals surface area contributed by atoms with Gasteiger partial charge in [0.2, 0.25) is 5.88 Å². The second-order valence-corrected chi connectivity index (χ2v) is 9.44. The van der Waals surface area contributed by atoms with Gasteiger partial charge >= 0.3 is 0 Å². The summed E-state index contributed by atoms with van der Waals surface area (Å²) in [5.41, 5.74) is 3.70. The van der Waals surface area contributed by atoms with Crippen LogP contribution in [0.2, 0.25) is 0 Å². The standard InChI is InChI=1S/C28H32N4O4/c1-18-8-5-6-10-23(18)22-12-24-26(30-14-22)36-25(19(2)15-32(28(24)35)20(3)17-33)16-31(4)27(34)21-9-7-11-29-13-21/h5-14,19-20,25,33H,15-17H2,1-4H3/t19-,20-,25-/m0/s1. The Morgan fingerprint density at radius 1 is 1.22 bits per heavy atom. The van der Waals surface area contributed by atoms with Gasteiger partial charge in [-0.05, 0) is 43.2 Å². The minimum Gasteiger partial charge on any atom is -0.472 e. The molecule has 1 aliphatic heterocycles. The number of aryl methyl sites for hydroxylation is 1. The minimum atomic E-state index is -0.423. The third kappa shape index (κ3) is 5.23. The van der Waals surface area contributed by atoms with E-state index in [2.05, 4.69) is 9.97 Å². The van der Waals surface area contributed by atoms with E-state index in [-0.39, 0.29) is 36.3 Å². The molecule has 0 aliphatic carbocycles. The maximum Gasteiger partial charge on any atom is 0.259 e. The van der Waals surface area contributed by atoms with E-state index in [9.17, 15) is 14.7 Å². The fourth-order valence-corrected chi connectivity index (χ4v) is 4.43. The van der Waals surface area contributed by atoms with Gasteiger partial charge in [-0.2, -0.15) is 0 Å². The van der Waals surface area contributed by atoms with Crippen LogP contribution >= 0.6 is 0 Å². The second kappa shape index (κ2) is 10.9. The number of pyridine rings is 2. The molecule has 0 saturated carbocycles. The molecule has 36 heavy (non-hydrogen) atoms. The largest absolute Gasteiger partial charge is 0.472 e. The van der Waals surface area contributed by atoms with Crippen LogP contribution in [-0.2, 0) is 0 Å². The molecule has 1 N–H and O–H groups in total. The summed E-state index contributed by atoms with van der Waals surface area (Å²) in [5, 5.41) is 9.88. The lowest BCUT2D eigenvalue weighted by Crippen LogP contribution is -2.50. The molecule has 0 unspecified atom stereocenters. The van der Waals surface area contributed by atoms with Crippen LogP contribution in [0.5, 0.6) is 5.88 Å². The number of aromatic nitrogens is 2. The SMILES string of the molecule is Cc1ccccc1-c1cnc2c(c1)C(=O)N([C@@H](C)CO)C[C@H](C)[C@H](CN(C)C(=O)c1cccnc1)O2. The monoisotopic (exact) mass is 488 g/mol. The van der Waals surface area contributed by atoms with Crippen molar-refractivity contribution in [1.29, 1.82) is 0 Å². The Bertz CT molecular complexity index is 1230. The van der Waals surface area contributed by atoms with Crippen molar-refractivity contribution in [3.63, 3.8) is 0 Å². The molecule has 3 atom stereocenters. The van der Waals surface area contributed by atoms with Crippen molar-refractivity contribution in [3.8, 4) is 17.0 Å². The molecule has 1 aromatic carbocycles. The summed E-state index contributed by atoms with van der Waals surface area (Å²) in [6.07, 6.45) is 4.45.